The SMILES string of the molecule is CO[C@H]1CCO[C@]2(CCN(C(=N)N)C2)C1. The van der Waals surface area contributed by atoms with Crippen molar-refractivity contribution in [3.05, 3.63) is 0 Å². The molecular formula is C10H19N3O2. The standard InChI is InChI=1S/C10H19N3O2/c1-14-8-2-5-15-10(6-8)3-4-13(7-10)9(11)12/h8H,2-7H2,1H3,(H3,11,12)/t8-,10+/m0/s1. The molecule has 2 aliphatic heterocycles. The molecule has 5 heteroatoms. The first-order chi connectivity index (χ1) is 7.15. The minimum Gasteiger partial charge on any atom is -0.381 e. The van der Waals surface area contributed by atoms with Crippen LogP contribution in [0, 0.1) is 5.41 Å². The second-order valence-electron chi connectivity index (χ2n) is 4.44. The molecule has 86 valence electrons. The first-order valence-corrected chi connectivity index (χ1v) is 5.41. The number of nitrogens with zero attached hydrogens (tertiary/aromatic N) is 1. The van der Waals surface area contributed by atoms with E-state index in [1.165, 1.54) is 0 Å². The van der Waals surface area contributed by atoms with Gasteiger partial charge in [0.1, 0.15) is 0 Å². The van der Waals surface area contributed by atoms with E-state index in [2.05, 4.69) is 0 Å². The van der Waals surface area contributed by atoms with Crippen LogP contribution in [0.1, 0.15) is 19.3 Å². The van der Waals surface area contributed by atoms with Gasteiger partial charge in [-0.2, -0.15) is 0 Å². The number of hydrogen-bond acceptors (Lipinski definition) is 3. The molecule has 2 heterocycles. The molecule has 2 atom stereocenters. The van der Waals surface area contributed by atoms with E-state index in [4.69, 9.17) is 20.6 Å². The Kier molecular flexibility index (Phi) is 2.84. The van der Waals surface area contributed by atoms with E-state index < -0.39 is 0 Å². The van der Waals surface area contributed by atoms with Gasteiger partial charge in [0.2, 0.25) is 0 Å². The molecule has 0 aliphatic carbocycles. The second-order valence-corrected chi connectivity index (χ2v) is 4.44. The Morgan fingerprint density at radius 3 is 3.07 bits per heavy atom. The van der Waals surface area contributed by atoms with E-state index in [0.717, 1.165) is 39.0 Å². The van der Waals surface area contributed by atoms with Crippen molar-refractivity contribution < 1.29 is 9.47 Å². The minimum absolute atomic E-state index is 0.120. The van der Waals surface area contributed by atoms with Crippen LogP contribution in [0.5, 0.6) is 0 Å². The number of methoxy groups -OCH3 is 1. The van der Waals surface area contributed by atoms with Crippen molar-refractivity contribution in [1.29, 1.82) is 5.41 Å². The van der Waals surface area contributed by atoms with E-state index in [9.17, 15) is 0 Å². The molecule has 0 radical (unpaired) electrons. The van der Waals surface area contributed by atoms with E-state index in [-0.39, 0.29) is 11.6 Å². The first-order valence-electron chi connectivity index (χ1n) is 5.41. The van der Waals surface area contributed by atoms with Crippen molar-refractivity contribution in [1.82, 2.24) is 4.90 Å². The lowest BCUT2D eigenvalue weighted by molar-refractivity contribution is -0.117. The predicted molar refractivity (Wildman–Crippen MR) is 56.8 cm³/mol. The van der Waals surface area contributed by atoms with Crippen LogP contribution in [0.4, 0.5) is 0 Å². The molecule has 3 N–H and O–H groups in total. The maximum absolute atomic E-state index is 7.41. The van der Waals surface area contributed by atoms with Crippen molar-refractivity contribution in [3.63, 3.8) is 0 Å². The van der Waals surface area contributed by atoms with E-state index >= 15 is 0 Å². The van der Waals surface area contributed by atoms with Crippen molar-refractivity contribution >= 4 is 5.96 Å². The summed E-state index contributed by atoms with van der Waals surface area (Å²) in [4.78, 5) is 1.87. The maximum Gasteiger partial charge on any atom is 0.188 e. The third-order valence-electron chi connectivity index (χ3n) is 3.44. The van der Waals surface area contributed by atoms with Crippen molar-refractivity contribution in [2.24, 2.45) is 5.73 Å². The molecule has 0 aromatic heterocycles. The number of nitrogens with one attached hydrogen (secondary N) is 1. The highest BCUT2D eigenvalue weighted by Gasteiger charge is 2.43. The van der Waals surface area contributed by atoms with Gasteiger partial charge in [-0.05, 0) is 12.8 Å². The fourth-order valence-electron chi connectivity index (χ4n) is 2.52. The van der Waals surface area contributed by atoms with E-state index in [0.29, 0.717) is 6.10 Å². The number of ether oxygens (including phenoxy) is 2. The fraction of sp³-hybridized carbons (Fsp3) is 0.900. The lowest BCUT2D eigenvalue weighted by Crippen LogP contribution is -2.46. The Hall–Kier alpha value is -0.810. The van der Waals surface area contributed by atoms with Gasteiger partial charge in [0.05, 0.1) is 11.7 Å². The molecule has 0 saturated carbocycles. The molecule has 0 amide bonds. The lowest BCUT2D eigenvalue weighted by atomic mass is 9.91. The number of guanidine groups is 1. The Morgan fingerprint density at radius 1 is 1.67 bits per heavy atom. The largest absolute Gasteiger partial charge is 0.381 e. The van der Waals surface area contributed by atoms with Gasteiger partial charge in [-0.1, -0.05) is 0 Å². The summed E-state index contributed by atoms with van der Waals surface area (Å²) in [6, 6.07) is 0. The normalized spacial score (nSPS) is 36.1. The maximum atomic E-state index is 7.41. The molecule has 5 nitrogen and oxygen atoms in total. The van der Waals surface area contributed by atoms with Gasteiger partial charge < -0.3 is 20.1 Å². The Bertz CT molecular complexity index is 259. The van der Waals surface area contributed by atoms with Crippen LogP contribution in [0.15, 0.2) is 0 Å². The highest BCUT2D eigenvalue weighted by Crippen LogP contribution is 2.34. The summed E-state index contributed by atoms with van der Waals surface area (Å²) >= 11 is 0. The minimum atomic E-state index is -0.120. The molecule has 15 heavy (non-hydrogen) atoms. The second kappa shape index (κ2) is 3.98. The zero-order valence-corrected chi connectivity index (χ0v) is 9.16. The highest BCUT2D eigenvalue weighted by molar-refractivity contribution is 5.75. The average Bonchev–Trinajstić information content (AvgIpc) is 2.62. The van der Waals surface area contributed by atoms with Gasteiger partial charge >= 0.3 is 0 Å². The van der Waals surface area contributed by atoms with Crippen LogP contribution < -0.4 is 5.73 Å². The third kappa shape index (κ3) is 2.08. The van der Waals surface area contributed by atoms with Crippen LogP contribution in [0.3, 0.4) is 0 Å². The van der Waals surface area contributed by atoms with Crippen LogP contribution in [0.25, 0.3) is 0 Å². The first kappa shape index (κ1) is 10.7. The molecule has 0 bridgehead atoms. The summed E-state index contributed by atoms with van der Waals surface area (Å²) in [6.07, 6.45) is 3.14. The van der Waals surface area contributed by atoms with Crippen molar-refractivity contribution in [2.45, 2.75) is 31.0 Å². The molecule has 0 aromatic carbocycles. The van der Waals surface area contributed by atoms with Gasteiger partial charge in [0.15, 0.2) is 5.96 Å². The quantitative estimate of drug-likeness (QED) is 0.480. The summed E-state index contributed by atoms with van der Waals surface area (Å²) in [7, 11) is 1.75. The molecule has 2 saturated heterocycles. The zero-order valence-electron chi connectivity index (χ0n) is 9.16. The van der Waals surface area contributed by atoms with Crippen LogP contribution in [0.2, 0.25) is 0 Å². The third-order valence-corrected chi connectivity index (χ3v) is 3.44. The van der Waals surface area contributed by atoms with Gasteiger partial charge in [-0.15, -0.1) is 0 Å². The van der Waals surface area contributed by atoms with Gasteiger partial charge in [0.25, 0.3) is 0 Å². The molecule has 2 aliphatic rings. The zero-order chi connectivity index (χ0) is 10.9. The van der Waals surface area contributed by atoms with Crippen molar-refractivity contribution in [3.8, 4) is 0 Å². The summed E-state index contributed by atoms with van der Waals surface area (Å²) in [5.41, 5.74) is 5.36. The molecule has 2 fully saturated rings. The lowest BCUT2D eigenvalue weighted by Gasteiger charge is -2.37. The summed E-state index contributed by atoms with van der Waals surface area (Å²) in [6.45, 7) is 2.32. The number of hydrogen-bond donors (Lipinski definition) is 2. The van der Waals surface area contributed by atoms with E-state index in [1.54, 1.807) is 7.11 Å². The number of rotatable bonds is 1. The molecule has 0 aromatic rings. The predicted octanol–water partition coefficient (Wildman–Crippen LogP) is 0.150. The monoisotopic (exact) mass is 213 g/mol. The smallest absolute Gasteiger partial charge is 0.188 e. The van der Waals surface area contributed by atoms with Gasteiger partial charge in [0, 0.05) is 33.2 Å². The van der Waals surface area contributed by atoms with Crippen LogP contribution >= 0.6 is 0 Å². The molecule has 0 unspecified atom stereocenters. The highest BCUT2D eigenvalue weighted by atomic mass is 16.5. The Balaban J connectivity index is 1.99. The molecule has 2 rings (SSSR count). The number of likely N-dealkylation sites (tertiary alicyclic amines) is 1. The van der Waals surface area contributed by atoms with E-state index in [1.807, 2.05) is 4.90 Å². The van der Waals surface area contributed by atoms with Crippen LogP contribution in [-0.4, -0.2) is 49.4 Å². The van der Waals surface area contributed by atoms with Crippen molar-refractivity contribution in [2.75, 3.05) is 26.8 Å². The van der Waals surface area contributed by atoms with Gasteiger partial charge in [-0.3, -0.25) is 5.41 Å². The summed E-state index contributed by atoms with van der Waals surface area (Å²) in [5.74, 6) is 0.148. The van der Waals surface area contributed by atoms with Gasteiger partial charge in [-0.25, -0.2) is 0 Å². The summed E-state index contributed by atoms with van der Waals surface area (Å²) < 4.78 is 11.3. The molecule has 1 spiro atoms. The Morgan fingerprint density at radius 2 is 2.47 bits per heavy atom. The van der Waals surface area contributed by atoms with Crippen LogP contribution in [-0.2, 0) is 9.47 Å². The Labute approximate surface area is 90.0 Å². The average molecular weight is 213 g/mol. The topological polar surface area (TPSA) is 71.6 Å². The fourth-order valence-corrected chi connectivity index (χ4v) is 2.52. The summed E-state index contributed by atoms with van der Waals surface area (Å²) in [5, 5.41) is 7.41. The number of nitrogens with two attached hydrogens (primary N) is 1. The molecular weight excluding hydrogens is 194 g/mol.